The number of amides is 1. The molecule has 0 aromatic heterocycles. The molecule has 1 saturated carbocycles. The highest BCUT2D eigenvalue weighted by Gasteiger charge is 2.34. The largest absolute Gasteiger partial charge is 0.355 e. The monoisotopic (exact) mass is 296 g/mol. The van der Waals surface area contributed by atoms with Gasteiger partial charge in [0, 0.05) is 18.5 Å². The summed E-state index contributed by atoms with van der Waals surface area (Å²) in [5, 5.41) is 3.24. The summed E-state index contributed by atoms with van der Waals surface area (Å²) >= 11 is 0. The van der Waals surface area contributed by atoms with E-state index in [-0.39, 0.29) is 17.9 Å². The van der Waals surface area contributed by atoms with Gasteiger partial charge in [-0.05, 0) is 50.4 Å². The van der Waals surface area contributed by atoms with E-state index in [1.54, 1.807) is 0 Å². The standard InChI is InChI=1S/C18H36N2O/c1-14(2)12-18(10-5-6-11-18)13-20-17(21)15(3)8-7-9-16(4)19/h14-16H,5-13,19H2,1-4H3,(H,20,21). The Hall–Kier alpha value is -0.570. The van der Waals surface area contributed by atoms with Gasteiger partial charge < -0.3 is 11.1 Å². The Morgan fingerprint density at radius 3 is 2.29 bits per heavy atom. The fraction of sp³-hybridized carbons (Fsp3) is 0.944. The van der Waals surface area contributed by atoms with Crippen molar-refractivity contribution in [2.45, 2.75) is 85.1 Å². The van der Waals surface area contributed by atoms with Crippen LogP contribution in [-0.2, 0) is 4.79 Å². The summed E-state index contributed by atoms with van der Waals surface area (Å²) in [7, 11) is 0. The predicted octanol–water partition coefficient (Wildman–Crippen LogP) is 3.86. The van der Waals surface area contributed by atoms with Gasteiger partial charge in [-0.2, -0.15) is 0 Å². The lowest BCUT2D eigenvalue weighted by atomic mass is 9.78. The van der Waals surface area contributed by atoms with E-state index in [9.17, 15) is 4.79 Å². The fourth-order valence-corrected chi connectivity index (χ4v) is 3.77. The first-order chi connectivity index (χ1) is 9.84. The zero-order valence-corrected chi connectivity index (χ0v) is 14.6. The van der Waals surface area contributed by atoms with Gasteiger partial charge in [0.2, 0.25) is 5.91 Å². The SMILES string of the molecule is CC(C)CC1(CNC(=O)C(C)CCCC(C)N)CCCC1. The molecule has 1 aliphatic carbocycles. The first kappa shape index (κ1) is 18.5. The van der Waals surface area contributed by atoms with Gasteiger partial charge in [-0.1, -0.05) is 40.0 Å². The van der Waals surface area contributed by atoms with Crippen molar-refractivity contribution in [2.75, 3.05) is 6.54 Å². The molecule has 3 nitrogen and oxygen atoms in total. The van der Waals surface area contributed by atoms with Crippen molar-refractivity contribution in [1.29, 1.82) is 0 Å². The Morgan fingerprint density at radius 1 is 1.14 bits per heavy atom. The molecule has 2 atom stereocenters. The normalized spacial score (nSPS) is 20.5. The molecular formula is C18H36N2O. The molecule has 0 aliphatic heterocycles. The number of nitrogens with one attached hydrogen (secondary N) is 1. The van der Waals surface area contributed by atoms with Crippen molar-refractivity contribution in [3.05, 3.63) is 0 Å². The first-order valence-corrected chi connectivity index (χ1v) is 8.88. The number of rotatable bonds is 9. The van der Waals surface area contributed by atoms with E-state index in [2.05, 4.69) is 19.2 Å². The van der Waals surface area contributed by atoms with E-state index >= 15 is 0 Å². The third kappa shape index (κ3) is 6.82. The number of nitrogens with two attached hydrogens (primary N) is 1. The van der Waals surface area contributed by atoms with E-state index in [1.807, 2.05) is 13.8 Å². The zero-order valence-electron chi connectivity index (χ0n) is 14.6. The lowest BCUT2D eigenvalue weighted by molar-refractivity contribution is -0.125. The van der Waals surface area contributed by atoms with Crippen LogP contribution in [0, 0.1) is 17.3 Å². The Kier molecular flexibility index (Phi) is 7.72. The maximum Gasteiger partial charge on any atom is 0.222 e. The fourth-order valence-electron chi connectivity index (χ4n) is 3.77. The Morgan fingerprint density at radius 2 is 1.76 bits per heavy atom. The maximum atomic E-state index is 12.3. The summed E-state index contributed by atoms with van der Waals surface area (Å²) in [5.74, 6) is 1.06. The van der Waals surface area contributed by atoms with Crippen molar-refractivity contribution in [3.63, 3.8) is 0 Å². The molecule has 1 aliphatic rings. The smallest absolute Gasteiger partial charge is 0.222 e. The molecule has 1 rings (SSSR count). The molecule has 0 aromatic carbocycles. The third-order valence-corrected chi connectivity index (χ3v) is 4.89. The summed E-state index contributed by atoms with van der Waals surface area (Å²) < 4.78 is 0. The van der Waals surface area contributed by atoms with Gasteiger partial charge >= 0.3 is 0 Å². The molecule has 1 fully saturated rings. The molecule has 1 amide bonds. The summed E-state index contributed by atoms with van der Waals surface area (Å²) in [4.78, 5) is 12.3. The van der Waals surface area contributed by atoms with Crippen molar-refractivity contribution in [3.8, 4) is 0 Å². The van der Waals surface area contributed by atoms with Gasteiger partial charge in [-0.25, -0.2) is 0 Å². The van der Waals surface area contributed by atoms with Crippen LogP contribution in [0.2, 0.25) is 0 Å². The second kappa shape index (κ2) is 8.77. The van der Waals surface area contributed by atoms with Crippen LogP contribution in [0.5, 0.6) is 0 Å². The summed E-state index contributed by atoms with van der Waals surface area (Å²) in [6.45, 7) is 9.53. The second-order valence-corrected chi connectivity index (χ2v) is 7.83. The minimum Gasteiger partial charge on any atom is -0.355 e. The molecular weight excluding hydrogens is 260 g/mol. The van der Waals surface area contributed by atoms with E-state index in [0.29, 0.717) is 11.3 Å². The van der Waals surface area contributed by atoms with Crippen molar-refractivity contribution in [1.82, 2.24) is 5.32 Å². The zero-order chi connectivity index (χ0) is 15.9. The van der Waals surface area contributed by atoms with Crippen LogP contribution in [0.25, 0.3) is 0 Å². The van der Waals surface area contributed by atoms with Gasteiger partial charge in [0.25, 0.3) is 0 Å². The Labute approximate surface area is 131 Å². The van der Waals surface area contributed by atoms with Crippen molar-refractivity contribution in [2.24, 2.45) is 23.0 Å². The van der Waals surface area contributed by atoms with Crippen LogP contribution in [-0.4, -0.2) is 18.5 Å². The molecule has 0 heterocycles. The van der Waals surface area contributed by atoms with E-state index < -0.39 is 0 Å². The summed E-state index contributed by atoms with van der Waals surface area (Å²) in [6, 6.07) is 0.244. The van der Waals surface area contributed by atoms with Gasteiger partial charge in [-0.3, -0.25) is 4.79 Å². The Bertz CT molecular complexity index is 306. The summed E-state index contributed by atoms with van der Waals surface area (Å²) in [5.41, 5.74) is 6.13. The van der Waals surface area contributed by atoms with Crippen LogP contribution in [0.15, 0.2) is 0 Å². The number of hydrogen-bond donors (Lipinski definition) is 2. The summed E-state index contributed by atoms with van der Waals surface area (Å²) in [6.07, 6.45) is 9.46. The highest BCUT2D eigenvalue weighted by atomic mass is 16.1. The molecule has 124 valence electrons. The van der Waals surface area contributed by atoms with Crippen molar-refractivity contribution >= 4 is 5.91 Å². The van der Waals surface area contributed by atoms with Gasteiger partial charge in [0.05, 0.1) is 0 Å². The van der Waals surface area contributed by atoms with E-state index in [1.165, 1.54) is 32.1 Å². The number of carbonyl (C=O) groups excluding carboxylic acids is 1. The topological polar surface area (TPSA) is 55.1 Å². The molecule has 3 heteroatoms. The molecule has 0 radical (unpaired) electrons. The highest BCUT2D eigenvalue weighted by molar-refractivity contribution is 5.78. The third-order valence-electron chi connectivity index (χ3n) is 4.89. The maximum absolute atomic E-state index is 12.3. The van der Waals surface area contributed by atoms with Gasteiger partial charge in [-0.15, -0.1) is 0 Å². The molecule has 21 heavy (non-hydrogen) atoms. The molecule has 0 saturated heterocycles. The molecule has 2 unspecified atom stereocenters. The second-order valence-electron chi connectivity index (χ2n) is 7.83. The predicted molar refractivity (Wildman–Crippen MR) is 90.0 cm³/mol. The minimum atomic E-state index is 0.112. The minimum absolute atomic E-state index is 0.112. The Balaban J connectivity index is 2.35. The molecule has 0 aromatic rings. The van der Waals surface area contributed by atoms with Crippen LogP contribution in [0.4, 0.5) is 0 Å². The van der Waals surface area contributed by atoms with Crippen LogP contribution in [0.3, 0.4) is 0 Å². The number of carbonyl (C=O) groups is 1. The molecule has 0 spiro atoms. The molecule has 0 bridgehead atoms. The van der Waals surface area contributed by atoms with Gasteiger partial charge in [0.1, 0.15) is 0 Å². The lowest BCUT2D eigenvalue weighted by Crippen LogP contribution is -2.39. The first-order valence-electron chi connectivity index (χ1n) is 8.88. The average Bonchev–Trinajstić information content (AvgIpc) is 2.83. The highest BCUT2D eigenvalue weighted by Crippen LogP contribution is 2.42. The van der Waals surface area contributed by atoms with Crippen LogP contribution >= 0.6 is 0 Å². The van der Waals surface area contributed by atoms with Crippen LogP contribution < -0.4 is 11.1 Å². The van der Waals surface area contributed by atoms with Gasteiger partial charge in [0.15, 0.2) is 0 Å². The quantitative estimate of drug-likeness (QED) is 0.679. The van der Waals surface area contributed by atoms with Crippen LogP contribution in [0.1, 0.15) is 79.1 Å². The lowest BCUT2D eigenvalue weighted by Gasteiger charge is -2.31. The molecule has 3 N–H and O–H groups in total. The van der Waals surface area contributed by atoms with E-state index in [0.717, 1.165) is 25.8 Å². The average molecular weight is 296 g/mol. The number of hydrogen-bond acceptors (Lipinski definition) is 2. The van der Waals surface area contributed by atoms with E-state index in [4.69, 9.17) is 5.73 Å². The van der Waals surface area contributed by atoms with Crippen molar-refractivity contribution < 1.29 is 4.79 Å².